The Kier molecular flexibility index (Phi) is 4.72. The fraction of sp³-hybridized carbons (Fsp3) is 0.933. The number of carbonyl (C=O) groups excluding carboxylic acids is 1. The molecule has 1 amide bonds. The highest BCUT2D eigenvalue weighted by Crippen LogP contribution is 2.30. The van der Waals surface area contributed by atoms with Gasteiger partial charge in [-0.3, -0.25) is 4.79 Å². The Balaban J connectivity index is 1.97. The second kappa shape index (κ2) is 6.00. The summed E-state index contributed by atoms with van der Waals surface area (Å²) in [6, 6.07) is 0. The van der Waals surface area contributed by atoms with Gasteiger partial charge in [-0.1, -0.05) is 19.3 Å². The van der Waals surface area contributed by atoms with E-state index in [1.807, 2.05) is 18.7 Å². The molecule has 5 nitrogen and oxygen atoms in total. The Morgan fingerprint density at radius 3 is 2.60 bits per heavy atom. The number of amides is 1. The van der Waals surface area contributed by atoms with Crippen LogP contribution in [0.15, 0.2) is 0 Å². The smallest absolute Gasteiger partial charge is 0.224 e. The molecule has 1 aliphatic carbocycles. The molecule has 116 valence electrons. The van der Waals surface area contributed by atoms with E-state index in [1.54, 1.807) is 0 Å². The van der Waals surface area contributed by atoms with Gasteiger partial charge < -0.3 is 20.5 Å². The molecule has 0 aromatic rings. The van der Waals surface area contributed by atoms with E-state index in [9.17, 15) is 9.90 Å². The van der Waals surface area contributed by atoms with Crippen molar-refractivity contribution in [3.05, 3.63) is 0 Å². The Labute approximate surface area is 121 Å². The average molecular weight is 284 g/mol. The van der Waals surface area contributed by atoms with E-state index in [4.69, 9.17) is 10.5 Å². The van der Waals surface area contributed by atoms with Crippen LogP contribution in [-0.2, 0) is 9.53 Å². The number of hydrogen-bond acceptors (Lipinski definition) is 4. The number of nitrogens with two attached hydrogens (primary N) is 1. The predicted molar refractivity (Wildman–Crippen MR) is 77.2 cm³/mol. The molecule has 1 heterocycles. The second-order valence-corrected chi connectivity index (χ2v) is 7.06. The van der Waals surface area contributed by atoms with Gasteiger partial charge in [0.05, 0.1) is 18.3 Å². The van der Waals surface area contributed by atoms with E-state index in [0.29, 0.717) is 19.5 Å². The maximum atomic E-state index is 12.5. The lowest BCUT2D eigenvalue weighted by Crippen LogP contribution is -2.57. The summed E-state index contributed by atoms with van der Waals surface area (Å²) in [6.07, 6.45) is 5.48. The molecule has 3 N–H and O–H groups in total. The molecular formula is C15H28N2O3. The number of carbonyl (C=O) groups is 1. The molecular weight excluding hydrogens is 256 g/mol. The van der Waals surface area contributed by atoms with Crippen molar-refractivity contribution in [1.82, 2.24) is 4.90 Å². The summed E-state index contributed by atoms with van der Waals surface area (Å²) in [5, 5.41) is 9.31. The predicted octanol–water partition coefficient (Wildman–Crippen LogP) is 1.04. The lowest BCUT2D eigenvalue weighted by molar-refractivity contribution is -0.167. The molecule has 1 aliphatic heterocycles. The molecule has 1 saturated heterocycles. The number of nitrogens with zero attached hydrogens (tertiary/aromatic N) is 1. The van der Waals surface area contributed by atoms with E-state index in [0.717, 1.165) is 25.7 Å². The highest BCUT2D eigenvalue weighted by molar-refractivity contribution is 5.77. The molecule has 1 atom stereocenters. The van der Waals surface area contributed by atoms with Gasteiger partial charge in [0.25, 0.3) is 0 Å². The molecule has 1 unspecified atom stereocenters. The monoisotopic (exact) mass is 284 g/mol. The summed E-state index contributed by atoms with van der Waals surface area (Å²) < 4.78 is 5.74. The first-order valence-corrected chi connectivity index (χ1v) is 7.69. The van der Waals surface area contributed by atoms with E-state index >= 15 is 0 Å². The van der Waals surface area contributed by atoms with Crippen molar-refractivity contribution in [2.24, 2.45) is 5.73 Å². The zero-order valence-corrected chi connectivity index (χ0v) is 12.7. The van der Waals surface area contributed by atoms with E-state index in [-0.39, 0.29) is 24.2 Å². The summed E-state index contributed by atoms with van der Waals surface area (Å²) in [7, 11) is 0. The van der Waals surface area contributed by atoms with Gasteiger partial charge in [0.1, 0.15) is 0 Å². The van der Waals surface area contributed by atoms with Gasteiger partial charge in [-0.05, 0) is 26.7 Å². The third kappa shape index (κ3) is 3.93. The fourth-order valence-corrected chi connectivity index (χ4v) is 3.43. The standard InChI is InChI=1S/C15H28N2O3/c1-14(2)11-17(9-12(10-18)20-14)13(19)8-15(16)6-4-3-5-7-15/h12,18H,3-11,16H2,1-2H3. The first-order valence-electron chi connectivity index (χ1n) is 7.69. The normalized spacial score (nSPS) is 29.2. The van der Waals surface area contributed by atoms with Crippen LogP contribution in [0.4, 0.5) is 0 Å². The lowest BCUT2D eigenvalue weighted by Gasteiger charge is -2.43. The fourth-order valence-electron chi connectivity index (χ4n) is 3.43. The van der Waals surface area contributed by atoms with E-state index in [1.165, 1.54) is 6.42 Å². The van der Waals surface area contributed by atoms with E-state index < -0.39 is 5.60 Å². The zero-order valence-electron chi connectivity index (χ0n) is 12.7. The van der Waals surface area contributed by atoms with Gasteiger partial charge in [0.15, 0.2) is 0 Å². The van der Waals surface area contributed by atoms with Gasteiger partial charge in [0.2, 0.25) is 5.91 Å². The van der Waals surface area contributed by atoms with Crippen LogP contribution in [-0.4, -0.2) is 52.9 Å². The Bertz CT molecular complexity index is 351. The number of ether oxygens (including phenoxy) is 1. The largest absolute Gasteiger partial charge is 0.394 e. The minimum atomic E-state index is -0.407. The molecule has 2 fully saturated rings. The van der Waals surface area contributed by atoms with Crippen molar-refractivity contribution in [3.63, 3.8) is 0 Å². The van der Waals surface area contributed by atoms with Gasteiger partial charge >= 0.3 is 0 Å². The SMILES string of the molecule is CC1(C)CN(C(=O)CC2(N)CCCCC2)CC(CO)O1. The van der Waals surface area contributed by atoms with Crippen molar-refractivity contribution >= 4 is 5.91 Å². The first kappa shape index (κ1) is 15.7. The van der Waals surface area contributed by atoms with Crippen molar-refractivity contribution in [3.8, 4) is 0 Å². The Morgan fingerprint density at radius 1 is 1.35 bits per heavy atom. The average Bonchev–Trinajstić information content (AvgIpc) is 2.37. The number of aliphatic hydroxyl groups excluding tert-OH is 1. The summed E-state index contributed by atoms with van der Waals surface area (Å²) in [4.78, 5) is 14.3. The number of aliphatic hydroxyl groups is 1. The summed E-state index contributed by atoms with van der Waals surface area (Å²) >= 11 is 0. The van der Waals surface area contributed by atoms with Crippen LogP contribution in [0, 0.1) is 0 Å². The summed E-state index contributed by atoms with van der Waals surface area (Å²) in [5.41, 5.74) is 5.64. The molecule has 1 saturated carbocycles. The van der Waals surface area contributed by atoms with Gasteiger partial charge in [-0.25, -0.2) is 0 Å². The third-order valence-electron chi connectivity index (χ3n) is 4.39. The van der Waals surface area contributed by atoms with Gasteiger partial charge in [-0.2, -0.15) is 0 Å². The minimum absolute atomic E-state index is 0.0546. The van der Waals surface area contributed by atoms with Crippen LogP contribution in [0.5, 0.6) is 0 Å². The van der Waals surface area contributed by atoms with Crippen LogP contribution >= 0.6 is 0 Å². The second-order valence-electron chi connectivity index (χ2n) is 7.06. The molecule has 0 radical (unpaired) electrons. The Hall–Kier alpha value is -0.650. The molecule has 0 aromatic carbocycles. The van der Waals surface area contributed by atoms with E-state index in [2.05, 4.69) is 0 Å². The molecule has 20 heavy (non-hydrogen) atoms. The van der Waals surface area contributed by atoms with Gasteiger partial charge in [0, 0.05) is 25.0 Å². The molecule has 0 spiro atoms. The maximum Gasteiger partial charge on any atom is 0.224 e. The van der Waals surface area contributed by atoms with Crippen LogP contribution in [0.2, 0.25) is 0 Å². The molecule has 5 heteroatoms. The van der Waals surface area contributed by atoms with Crippen molar-refractivity contribution in [2.45, 2.75) is 69.6 Å². The molecule has 2 rings (SSSR count). The lowest BCUT2D eigenvalue weighted by atomic mass is 9.80. The topological polar surface area (TPSA) is 75.8 Å². The van der Waals surface area contributed by atoms with Crippen molar-refractivity contribution < 1.29 is 14.6 Å². The summed E-state index contributed by atoms with van der Waals surface area (Å²) in [6.45, 7) is 4.89. The van der Waals surface area contributed by atoms with Gasteiger partial charge in [-0.15, -0.1) is 0 Å². The maximum absolute atomic E-state index is 12.5. The number of rotatable bonds is 3. The van der Waals surface area contributed by atoms with Crippen LogP contribution < -0.4 is 5.73 Å². The number of morpholine rings is 1. The molecule has 0 bridgehead atoms. The summed E-state index contributed by atoms with van der Waals surface area (Å²) in [5.74, 6) is 0.101. The quantitative estimate of drug-likeness (QED) is 0.812. The van der Waals surface area contributed by atoms with Crippen molar-refractivity contribution in [1.29, 1.82) is 0 Å². The zero-order chi connectivity index (χ0) is 14.8. The minimum Gasteiger partial charge on any atom is -0.394 e. The van der Waals surface area contributed by atoms with Crippen LogP contribution in [0.25, 0.3) is 0 Å². The highest BCUT2D eigenvalue weighted by Gasteiger charge is 2.38. The highest BCUT2D eigenvalue weighted by atomic mass is 16.5. The van der Waals surface area contributed by atoms with Crippen molar-refractivity contribution in [2.75, 3.05) is 19.7 Å². The molecule has 2 aliphatic rings. The third-order valence-corrected chi connectivity index (χ3v) is 4.39. The van der Waals surface area contributed by atoms with Crippen LogP contribution in [0.3, 0.4) is 0 Å². The Morgan fingerprint density at radius 2 is 2.00 bits per heavy atom. The first-order chi connectivity index (χ1) is 9.34. The molecule has 0 aromatic heterocycles. The number of hydrogen-bond donors (Lipinski definition) is 2. The van der Waals surface area contributed by atoms with Crippen LogP contribution in [0.1, 0.15) is 52.4 Å².